The van der Waals surface area contributed by atoms with Crippen molar-refractivity contribution >= 4 is 23.7 Å². The molecule has 0 saturated carbocycles. The van der Waals surface area contributed by atoms with E-state index in [1.54, 1.807) is 0 Å². The molecule has 26 heavy (non-hydrogen) atoms. The molecule has 0 aromatic rings. The first-order valence-corrected chi connectivity index (χ1v) is 8.65. The molecule has 6 N–H and O–H groups in total. The van der Waals surface area contributed by atoms with Crippen LogP contribution in [0.5, 0.6) is 0 Å². The number of nitrogens with one attached hydrogen (secondary N) is 2. The van der Waals surface area contributed by atoms with Crippen LogP contribution in [0.3, 0.4) is 0 Å². The molecule has 0 aromatic carbocycles. The zero-order chi connectivity index (χ0) is 19.9. The maximum Gasteiger partial charge on any atom is 0.326 e. The molecule has 3 atom stereocenters. The smallest absolute Gasteiger partial charge is 0.326 e. The molecule has 0 aromatic heterocycles. The Bertz CT molecular complexity index is 539. The zero-order valence-electron chi connectivity index (χ0n) is 15.1. The predicted octanol–water partition coefficient (Wildman–Crippen LogP) is -1.97. The molecule has 3 amide bonds. The summed E-state index contributed by atoms with van der Waals surface area (Å²) in [6.07, 6.45) is 1.28. The molecule has 1 fully saturated rings. The molecule has 1 rings (SSSR count). The van der Waals surface area contributed by atoms with Crippen molar-refractivity contribution in [2.45, 2.75) is 51.2 Å². The van der Waals surface area contributed by atoms with Gasteiger partial charge < -0.3 is 31.5 Å². The second-order valence-corrected chi connectivity index (χ2v) is 6.72. The van der Waals surface area contributed by atoms with Gasteiger partial charge >= 0.3 is 5.97 Å². The number of hydrogen-bond acceptors (Lipinski definition) is 6. The van der Waals surface area contributed by atoms with E-state index >= 15 is 0 Å². The number of aliphatic hydroxyl groups is 1. The van der Waals surface area contributed by atoms with Gasteiger partial charge in [-0.25, -0.2) is 4.79 Å². The summed E-state index contributed by atoms with van der Waals surface area (Å²) in [6.45, 7) is 3.12. The Kier molecular flexibility index (Phi) is 8.46. The molecular formula is C16H28N4O6. The summed E-state index contributed by atoms with van der Waals surface area (Å²) in [7, 11) is 0. The van der Waals surface area contributed by atoms with Gasteiger partial charge in [-0.15, -0.1) is 0 Å². The molecule has 0 spiro atoms. The van der Waals surface area contributed by atoms with E-state index in [2.05, 4.69) is 10.6 Å². The highest BCUT2D eigenvalue weighted by Gasteiger charge is 2.35. The fraction of sp³-hybridized carbons (Fsp3) is 0.750. The van der Waals surface area contributed by atoms with Crippen LogP contribution in [-0.4, -0.2) is 76.6 Å². The summed E-state index contributed by atoms with van der Waals surface area (Å²) in [5.74, 6) is -2.88. The Balaban J connectivity index is 2.72. The number of carboxylic acids is 1. The number of nitrogens with zero attached hydrogens (tertiary/aromatic N) is 1. The van der Waals surface area contributed by atoms with E-state index in [1.165, 1.54) is 4.90 Å². The Morgan fingerprint density at radius 1 is 1.19 bits per heavy atom. The third kappa shape index (κ3) is 5.95. The minimum atomic E-state index is -1.30. The third-order valence-corrected chi connectivity index (χ3v) is 4.19. The fourth-order valence-corrected chi connectivity index (χ4v) is 2.88. The highest BCUT2D eigenvalue weighted by Crippen LogP contribution is 2.17. The Morgan fingerprint density at radius 2 is 1.85 bits per heavy atom. The summed E-state index contributed by atoms with van der Waals surface area (Å²) in [5.41, 5.74) is 5.33. The lowest BCUT2D eigenvalue weighted by molar-refractivity contribution is -0.143. The van der Waals surface area contributed by atoms with Crippen molar-refractivity contribution in [1.29, 1.82) is 0 Å². The minimum Gasteiger partial charge on any atom is -0.480 e. The monoisotopic (exact) mass is 372 g/mol. The SMILES string of the molecule is CC(C)CC(NC(=O)C(CO)NC(=O)C1CCCN1C(=O)CN)C(=O)O. The summed E-state index contributed by atoms with van der Waals surface area (Å²) < 4.78 is 0. The van der Waals surface area contributed by atoms with Gasteiger partial charge in [0.25, 0.3) is 0 Å². The molecule has 0 bridgehead atoms. The van der Waals surface area contributed by atoms with Gasteiger partial charge in [0.05, 0.1) is 13.2 Å². The van der Waals surface area contributed by atoms with E-state index in [9.17, 15) is 29.4 Å². The lowest BCUT2D eigenvalue weighted by Crippen LogP contribution is -2.57. The van der Waals surface area contributed by atoms with Crippen molar-refractivity contribution in [3.05, 3.63) is 0 Å². The number of carbonyl (C=O) groups excluding carboxylic acids is 3. The van der Waals surface area contributed by atoms with Crippen LogP contribution in [0.4, 0.5) is 0 Å². The van der Waals surface area contributed by atoms with Gasteiger partial charge in [0.1, 0.15) is 18.1 Å². The van der Waals surface area contributed by atoms with Gasteiger partial charge in [-0.1, -0.05) is 13.8 Å². The van der Waals surface area contributed by atoms with Gasteiger partial charge in [0, 0.05) is 6.54 Å². The fourth-order valence-electron chi connectivity index (χ4n) is 2.88. The largest absolute Gasteiger partial charge is 0.480 e. The number of carboxylic acid groups (broad SMARTS) is 1. The first-order chi connectivity index (χ1) is 12.2. The number of aliphatic hydroxyl groups excluding tert-OH is 1. The molecule has 1 aliphatic heterocycles. The standard InChI is InChI=1S/C16H28N4O6/c1-9(2)6-10(16(25)26)18-14(23)11(8-21)19-15(24)12-4-3-5-20(12)13(22)7-17/h9-12,21H,3-8,17H2,1-2H3,(H,18,23)(H,19,24)(H,25,26). The van der Waals surface area contributed by atoms with Crippen LogP contribution >= 0.6 is 0 Å². The Morgan fingerprint density at radius 3 is 2.35 bits per heavy atom. The number of amides is 3. The van der Waals surface area contributed by atoms with Crippen LogP contribution in [-0.2, 0) is 19.2 Å². The van der Waals surface area contributed by atoms with Crippen molar-refractivity contribution in [2.75, 3.05) is 19.7 Å². The molecule has 10 heteroatoms. The molecule has 0 aliphatic carbocycles. The topological polar surface area (TPSA) is 162 Å². The average molecular weight is 372 g/mol. The van der Waals surface area contributed by atoms with Crippen LogP contribution < -0.4 is 16.4 Å². The van der Waals surface area contributed by atoms with Crippen molar-refractivity contribution in [1.82, 2.24) is 15.5 Å². The molecule has 0 radical (unpaired) electrons. The number of rotatable bonds is 9. The molecular weight excluding hydrogens is 344 g/mol. The van der Waals surface area contributed by atoms with E-state index < -0.39 is 42.5 Å². The molecule has 10 nitrogen and oxygen atoms in total. The van der Waals surface area contributed by atoms with E-state index in [1.807, 2.05) is 13.8 Å². The van der Waals surface area contributed by atoms with Crippen LogP contribution in [0.25, 0.3) is 0 Å². The predicted molar refractivity (Wildman–Crippen MR) is 91.8 cm³/mol. The molecule has 1 heterocycles. The van der Waals surface area contributed by atoms with Crippen molar-refractivity contribution < 1.29 is 29.4 Å². The van der Waals surface area contributed by atoms with E-state index in [-0.39, 0.29) is 24.8 Å². The molecule has 148 valence electrons. The second-order valence-electron chi connectivity index (χ2n) is 6.72. The van der Waals surface area contributed by atoms with Gasteiger partial charge in [0.2, 0.25) is 17.7 Å². The maximum absolute atomic E-state index is 12.4. The lowest BCUT2D eigenvalue weighted by atomic mass is 10.0. The highest BCUT2D eigenvalue weighted by molar-refractivity contribution is 5.93. The average Bonchev–Trinajstić information content (AvgIpc) is 3.07. The third-order valence-electron chi connectivity index (χ3n) is 4.19. The van der Waals surface area contributed by atoms with Crippen molar-refractivity contribution in [2.24, 2.45) is 11.7 Å². The van der Waals surface area contributed by atoms with Crippen LogP contribution in [0, 0.1) is 5.92 Å². The summed E-state index contributed by atoms with van der Waals surface area (Å²) in [5, 5.41) is 23.3. The second kappa shape index (κ2) is 10.1. The minimum absolute atomic E-state index is 0.0351. The number of likely N-dealkylation sites (tertiary alicyclic amines) is 1. The Labute approximate surface area is 152 Å². The van der Waals surface area contributed by atoms with Gasteiger partial charge in [-0.2, -0.15) is 0 Å². The van der Waals surface area contributed by atoms with E-state index in [4.69, 9.17) is 5.73 Å². The Hall–Kier alpha value is -2.20. The van der Waals surface area contributed by atoms with Crippen molar-refractivity contribution in [3.63, 3.8) is 0 Å². The van der Waals surface area contributed by atoms with Gasteiger partial charge in [0.15, 0.2) is 0 Å². The zero-order valence-corrected chi connectivity index (χ0v) is 15.1. The first-order valence-electron chi connectivity index (χ1n) is 8.65. The summed E-state index contributed by atoms with van der Waals surface area (Å²) >= 11 is 0. The van der Waals surface area contributed by atoms with Crippen LogP contribution in [0.1, 0.15) is 33.1 Å². The number of hydrogen-bond donors (Lipinski definition) is 5. The number of nitrogens with two attached hydrogens (primary N) is 1. The van der Waals surface area contributed by atoms with E-state index in [0.717, 1.165) is 0 Å². The summed E-state index contributed by atoms with van der Waals surface area (Å²) in [4.78, 5) is 49.0. The number of aliphatic carboxylic acids is 1. The van der Waals surface area contributed by atoms with Gasteiger partial charge in [-0.05, 0) is 25.2 Å². The quantitative estimate of drug-likeness (QED) is 0.313. The molecule has 3 unspecified atom stereocenters. The first kappa shape index (κ1) is 21.8. The lowest BCUT2D eigenvalue weighted by Gasteiger charge is -2.26. The maximum atomic E-state index is 12.4. The molecule has 1 aliphatic rings. The van der Waals surface area contributed by atoms with Gasteiger partial charge in [-0.3, -0.25) is 14.4 Å². The van der Waals surface area contributed by atoms with Crippen LogP contribution in [0.15, 0.2) is 0 Å². The normalized spacial score (nSPS) is 19.1. The highest BCUT2D eigenvalue weighted by atomic mass is 16.4. The van der Waals surface area contributed by atoms with E-state index in [0.29, 0.717) is 19.4 Å². The van der Waals surface area contributed by atoms with Crippen LogP contribution in [0.2, 0.25) is 0 Å². The molecule has 1 saturated heterocycles. The van der Waals surface area contributed by atoms with Crippen molar-refractivity contribution in [3.8, 4) is 0 Å². The number of carbonyl (C=O) groups is 4. The summed E-state index contributed by atoms with van der Waals surface area (Å²) in [6, 6.07) is -3.17.